The SMILES string of the molecule is CC(C)(C)COc1cccc(-c2ccccc2)c1. The van der Waals surface area contributed by atoms with Gasteiger partial charge in [0.25, 0.3) is 0 Å². The van der Waals surface area contributed by atoms with Crippen LogP contribution in [0.25, 0.3) is 11.1 Å². The van der Waals surface area contributed by atoms with Crippen LogP contribution in [0.3, 0.4) is 0 Å². The molecular weight excluding hydrogens is 220 g/mol. The Morgan fingerprint density at radius 2 is 1.50 bits per heavy atom. The highest BCUT2D eigenvalue weighted by Gasteiger charge is 2.11. The average Bonchev–Trinajstić information content (AvgIpc) is 2.37. The molecule has 94 valence electrons. The molecule has 1 heteroatoms. The summed E-state index contributed by atoms with van der Waals surface area (Å²) in [5.41, 5.74) is 2.60. The van der Waals surface area contributed by atoms with Gasteiger partial charge in [0.2, 0.25) is 0 Å². The summed E-state index contributed by atoms with van der Waals surface area (Å²) in [6.45, 7) is 7.25. The molecule has 0 heterocycles. The first kappa shape index (κ1) is 12.7. The lowest BCUT2D eigenvalue weighted by Gasteiger charge is -2.19. The molecule has 0 bridgehead atoms. The molecule has 0 saturated carbocycles. The van der Waals surface area contributed by atoms with Crippen molar-refractivity contribution >= 4 is 0 Å². The van der Waals surface area contributed by atoms with Crippen molar-refractivity contribution in [3.8, 4) is 16.9 Å². The Morgan fingerprint density at radius 3 is 2.17 bits per heavy atom. The third-order valence-electron chi connectivity index (χ3n) is 2.61. The van der Waals surface area contributed by atoms with E-state index in [1.54, 1.807) is 0 Å². The maximum absolute atomic E-state index is 5.83. The second-order valence-electron chi connectivity index (χ2n) is 5.74. The molecule has 0 spiro atoms. The highest BCUT2D eigenvalue weighted by Crippen LogP contribution is 2.24. The molecule has 0 amide bonds. The number of hydrogen-bond acceptors (Lipinski definition) is 1. The molecular formula is C17H20O. The van der Waals surface area contributed by atoms with Crippen molar-refractivity contribution in [1.82, 2.24) is 0 Å². The number of benzene rings is 2. The van der Waals surface area contributed by atoms with Gasteiger partial charge in [0.15, 0.2) is 0 Å². The van der Waals surface area contributed by atoms with E-state index in [2.05, 4.69) is 57.2 Å². The molecule has 2 rings (SSSR count). The number of ether oxygens (including phenoxy) is 1. The normalized spacial score (nSPS) is 11.3. The molecule has 0 N–H and O–H groups in total. The van der Waals surface area contributed by atoms with Gasteiger partial charge in [0.05, 0.1) is 6.61 Å². The largest absolute Gasteiger partial charge is 0.493 e. The van der Waals surface area contributed by atoms with E-state index in [0.29, 0.717) is 0 Å². The van der Waals surface area contributed by atoms with Crippen LogP contribution < -0.4 is 4.74 Å². The Kier molecular flexibility index (Phi) is 3.71. The van der Waals surface area contributed by atoms with Crippen LogP contribution in [0, 0.1) is 5.41 Å². The van der Waals surface area contributed by atoms with Crippen molar-refractivity contribution in [2.45, 2.75) is 20.8 Å². The molecule has 1 nitrogen and oxygen atoms in total. The first-order valence-corrected chi connectivity index (χ1v) is 6.33. The van der Waals surface area contributed by atoms with Crippen LogP contribution in [0.15, 0.2) is 54.6 Å². The standard InChI is InChI=1S/C17H20O/c1-17(2,3)13-18-16-11-7-10-15(12-16)14-8-5-4-6-9-14/h4-12H,13H2,1-3H3. The first-order chi connectivity index (χ1) is 8.54. The van der Waals surface area contributed by atoms with Crippen LogP contribution in [-0.2, 0) is 0 Å². The van der Waals surface area contributed by atoms with E-state index in [0.717, 1.165) is 12.4 Å². The third-order valence-corrected chi connectivity index (χ3v) is 2.61. The summed E-state index contributed by atoms with van der Waals surface area (Å²) in [4.78, 5) is 0. The summed E-state index contributed by atoms with van der Waals surface area (Å²) >= 11 is 0. The molecule has 0 fully saturated rings. The summed E-state index contributed by atoms with van der Waals surface area (Å²) in [5, 5.41) is 0. The van der Waals surface area contributed by atoms with E-state index >= 15 is 0 Å². The maximum Gasteiger partial charge on any atom is 0.119 e. The molecule has 0 aliphatic heterocycles. The molecule has 0 saturated heterocycles. The Morgan fingerprint density at radius 1 is 0.833 bits per heavy atom. The summed E-state index contributed by atoms with van der Waals surface area (Å²) in [5.74, 6) is 0.936. The van der Waals surface area contributed by atoms with Crippen LogP contribution in [0.2, 0.25) is 0 Å². The Balaban J connectivity index is 2.16. The fraction of sp³-hybridized carbons (Fsp3) is 0.294. The molecule has 18 heavy (non-hydrogen) atoms. The van der Waals surface area contributed by atoms with Gasteiger partial charge in [-0.2, -0.15) is 0 Å². The molecule has 0 radical (unpaired) electrons. The summed E-state index contributed by atoms with van der Waals surface area (Å²) < 4.78 is 5.83. The molecule has 0 aliphatic rings. The predicted molar refractivity (Wildman–Crippen MR) is 76.8 cm³/mol. The highest BCUT2D eigenvalue weighted by atomic mass is 16.5. The smallest absolute Gasteiger partial charge is 0.119 e. The first-order valence-electron chi connectivity index (χ1n) is 6.33. The van der Waals surface area contributed by atoms with Gasteiger partial charge in [-0.15, -0.1) is 0 Å². The van der Waals surface area contributed by atoms with Crippen molar-refractivity contribution < 1.29 is 4.74 Å². The van der Waals surface area contributed by atoms with Crippen molar-refractivity contribution in [2.24, 2.45) is 5.41 Å². The fourth-order valence-electron chi connectivity index (χ4n) is 1.70. The zero-order chi connectivity index (χ0) is 13.0. The van der Waals surface area contributed by atoms with Gasteiger partial charge >= 0.3 is 0 Å². The second kappa shape index (κ2) is 5.26. The molecule has 2 aromatic carbocycles. The van der Waals surface area contributed by atoms with Crippen molar-refractivity contribution in [3.63, 3.8) is 0 Å². The minimum atomic E-state index is 0.183. The number of rotatable bonds is 3. The minimum Gasteiger partial charge on any atom is -0.493 e. The Bertz CT molecular complexity index is 495. The van der Waals surface area contributed by atoms with Gasteiger partial charge in [-0.25, -0.2) is 0 Å². The Hall–Kier alpha value is -1.76. The lowest BCUT2D eigenvalue weighted by Crippen LogP contribution is -2.16. The molecule has 0 aromatic heterocycles. The van der Waals surface area contributed by atoms with E-state index < -0.39 is 0 Å². The summed E-state index contributed by atoms with van der Waals surface area (Å²) in [6, 6.07) is 18.6. The molecule has 0 unspecified atom stereocenters. The van der Waals surface area contributed by atoms with E-state index in [-0.39, 0.29) is 5.41 Å². The van der Waals surface area contributed by atoms with Crippen molar-refractivity contribution in [3.05, 3.63) is 54.6 Å². The summed E-state index contributed by atoms with van der Waals surface area (Å²) in [7, 11) is 0. The van der Waals surface area contributed by atoms with Gasteiger partial charge < -0.3 is 4.74 Å². The van der Waals surface area contributed by atoms with Crippen LogP contribution in [0.4, 0.5) is 0 Å². The average molecular weight is 240 g/mol. The van der Waals surface area contributed by atoms with Crippen LogP contribution >= 0.6 is 0 Å². The van der Waals surface area contributed by atoms with E-state index in [1.807, 2.05) is 18.2 Å². The van der Waals surface area contributed by atoms with Gasteiger partial charge in [-0.05, 0) is 28.7 Å². The van der Waals surface area contributed by atoms with E-state index in [9.17, 15) is 0 Å². The second-order valence-corrected chi connectivity index (χ2v) is 5.74. The predicted octanol–water partition coefficient (Wildman–Crippen LogP) is 4.78. The quantitative estimate of drug-likeness (QED) is 0.750. The number of hydrogen-bond donors (Lipinski definition) is 0. The fourth-order valence-corrected chi connectivity index (χ4v) is 1.70. The molecule has 0 atom stereocenters. The van der Waals surface area contributed by atoms with Gasteiger partial charge in [-0.1, -0.05) is 63.2 Å². The van der Waals surface area contributed by atoms with Gasteiger partial charge in [0, 0.05) is 0 Å². The topological polar surface area (TPSA) is 9.23 Å². The van der Waals surface area contributed by atoms with Gasteiger partial charge in [-0.3, -0.25) is 0 Å². The highest BCUT2D eigenvalue weighted by molar-refractivity contribution is 5.64. The third kappa shape index (κ3) is 3.63. The summed E-state index contributed by atoms with van der Waals surface area (Å²) in [6.07, 6.45) is 0. The van der Waals surface area contributed by atoms with E-state index in [4.69, 9.17) is 4.74 Å². The zero-order valence-corrected chi connectivity index (χ0v) is 11.3. The van der Waals surface area contributed by atoms with Crippen molar-refractivity contribution in [1.29, 1.82) is 0 Å². The van der Waals surface area contributed by atoms with Gasteiger partial charge in [0.1, 0.15) is 5.75 Å². The van der Waals surface area contributed by atoms with Crippen molar-refractivity contribution in [2.75, 3.05) is 6.61 Å². The van der Waals surface area contributed by atoms with Crippen LogP contribution in [-0.4, -0.2) is 6.61 Å². The zero-order valence-electron chi connectivity index (χ0n) is 11.3. The minimum absolute atomic E-state index is 0.183. The Labute approximate surface area is 109 Å². The molecule has 0 aliphatic carbocycles. The van der Waals surface area contributed by atoms with Crippen LogP contribution in [0.1, 0.15) is 20.8 Å². The molecule has 2 aromatic rings. The lowest BCUT2D eigenvalue weighted by molar-refractivity contribution is 0.198. The lowest BCUT2D eigenvalue weighted by atomic mass is 9.98. The monoisotopic (exact) mass is 240 g/mol. The maximum atomic E-state index is 5.83. The van der Waals surface area contributed by atoms with Crippen LogP contribution in [0.5, 0.6) is 5.75 Å². The van der Waals surface area contributed by atoms with E-state index in [1.165, 1.54) is 11.1 Å².